The molecule has 1 aromatic heterocycles. The van der Waals surface area contributed by atoms with Crippen molar-refractivity contribution in [2.45, 2.75) is 12.6 Å². The summed E-state index contributed by atoms with van der Waals surface area (Å²) < 4.78 is 41.1. The number of H-pyrrole nitrogens is 2. The highest BCUT2D eigenvalue weighted by molar-refractivity contribution is 5.81. The number of para-hydroxylation sites is 1. The van der Waals surface area contributed by atoms with E-state index in [2.05, 4.69) is 9.97 Å². The third-order valence-electron chi connectivity index (χ3n) is 2.63. The highest BCUT2D eigenvalue weighted by atomic mass is 19.4. The molecule has 0 bridgehead atoms. The van der Waals surface area contributed by atoms with Gasteiger partial charge in [0.25, 0.3) is 0 Å². The second-order valence-corrected chi connectivity index (χ2v) is 4.21. The zero-order valence-corrected chi connectivity index (χ0v) is 10.7. The van der Waals surface area contributed by atoms with Gasteiger partial charge in [0.15, 0.2) is 0 Å². The van der Waals surface area contributed by atoms with Crippen LogP contribution >= 0.6 is 0 Å². The molecule has 9 heteroatoms. The van der Waals surface area contributed by atoms with Crippen LogP contribution in [0.5, 0.6) is 5.75 Å². The Labute approximate surface area is 116 Å². The van der Waals surface area contributed by atoms with Crippen molar-refractivity contribution in [3.8, 4) is 5.75 Å². The highest BCUT2D eigenvalue weighted by Crippen LogP contribution is 2.21. The Balaban J connectivity index is 1.83. The van der Waals surface area contributed by atoms with Crippen LogP contribution in [0.2, 0.25) is 0 Å². The van der Waals surface area contributed by atoms with Gasteiger partial charge >= 0.3 is 17.8 Å². The predicted molar refractivity (Wildman–Crippen MR) is 68.1 cm³/mol. The average molecular weight is 303 g/mol. The Morgan fingerprint density at radius 1 is 1.29 bits per heavy atom. The molecular formula is C12H12F3N3O3. The maximum Gasteiger partial charge on any atom is 0.471 e. The number of hydrogen-bond acceptors (Lipinski definition) is 3. The van der Waals surface area contributed by atoms with Crippen molar-refractivity contribution < 1.29 is 22.7 Å². The summed E-state index contributed by atoms with van der Waals surface area (Å²) in [5.41, 5.74) is 0.684. The van der Waals surface area contributed by atoms with Crippen LogP contribution in [-0.2, 0) is 4.79 Å². The molecular weight excluding hydrogens is 291 g/mol. The lowest BCUT2D eigenvalue weighted by Crippen LogP contribution is -2.37. The first kappa shape index (κ1) is 14.9. The molecule has 3 N–H and O–H groups in total. The number of carbonyl (C=O) groups is 1. The molecule has 0 fully saturated rings. The van der Waals surface area contributed by atoms with Gasteiger partial charge in [-0.1, -0.05) is 6.07 Å². The molecule has 114 valence electrons. The summed E-state index contributed by atoms with van der Waals surface area (Å²) in [6.07, 6.45) is -4.68. The van der Waals surface area contributed by atoms with Crippen molar-refractivity contribution in [2.75, 3.05) is 13.2 Å². The van der Waals surface area contributed by atoms with Crippen LogP contribution < -0.4 is 15.7 Å². The molecule has 0 aliphatic heterocycles. The van der Waals surface area contributed by atoms with Crippen LogP contribution in [0.3, 0.4) is 0 Å². The molecule has 0 saturated heterocycles. The molecule has 0 aliphatic carbocycles. The largest absolute Gasteiger partial charge is 0.491 e. The first-order valence-corrected chi connectivity index (χ1v) is 6.07. The molecule has 0 saturated carbocycles. The molecule has 2 aromatic rings. The number of benzene rings is 1. The van der Waals surface area contributed by atoms with Gasteiger partial charge in [0.1, 0.15) is 11.3 Å². The smallest absolute Gasteiger partial charge is 0.471 e. The van der Waals surface area contributed by atoms with Crippen LogP contribution in [0.15, 0.2) is 23.0 Å². The lowest BCUT2D eigenvalue weighted by molar-refractivity contribution is -0.173. The van der Waals surface area contributed by atoms with Gasteiger partial charge in [-0.3, -0.25) is 4.79 Å². The van der Waals surface area contributed by atoms with Gasteiger partial charge in [-0.25, -0.2) is 4.79 Å². The molecule has 0 spiro atoms. The fourth-order valence-corrected chi connectivity index (χ4v) is 1.71. The third kappa shape index (κ3) is 3.77. The number of hydrogen-bond donors (Lipinski definition) is 3. The van der Waals surface area contributed by atoms with Crippen LogP contribution in [0.4, 0.5) is 13.2 Å². The molecule has 1 heterocycles. The Hall–Kier alpha value is -2.45. The summed E-state index contributed by atoms with van der Waals surface area (Å²) in [6, 6.07) is 4.98. The number of fused-ring (bicyclic) bond motifs is 1. The van der Waals surface area contributed by atoms with E-state index in [1.54, 1.807) is 23.5 Å². The summed E-state index contributed by atoms with van der Waals surface area (Å²) in [6.45, 7) is -0.0531. The quantitative estimate of drug-likeness (QED) is 0.728. The molecule has 2 rings (SSSR count). The standard InChI is InChI=1S/C12H12F3N3O3/c13-12(14,15)10(19)16-5-2-6-21-8-4-1-3-7-9(8)18-11(20)17-7/h1,3-4H,2,5-6H2,(H,16,19)(H2,17,18,20). The fourth-order valence-electron chi connectivity index (χ4n) is 1.71. The van der Waals surface area contributed by atoms with Gasteiger partial charge in [-0.05, 0) is 18.6 Å². The van der Waals surface area contributed by atoms with Crippen LogP contribution in [0.25, 0.3) is 11.0 Å². The van der Waals surface area contributed by atoms with E-state index < -0.39 is 12.1 Å². The molecule has 6 nitrogen and oxygen atoms in total. The highest BCUT2D eigenvalue weighted by Gasteiger charge is 2.38. The van der Waals surface area contributed by atoms with E-state index in [1.165, 1.54) is 0 Å². The first-order chi connectivity index (χ1) is 9.88. The van der Waals surface area contributed by atoms with E-state index in [0.29, 0.717) is 16.8 Å². The number of halogens is 3. The average Bonchev–Trinajstić information content (AvgIpc) is 2.78. The summed E-state index contributed by atoms with van der Waals surface area (Å²) >= 11 is 0. The normalized spacial score (nSPS) is 11.6. The van der Waals surface area contributed by atoms with Gasteiger partial charge in [0.2, 0.25) is 0 Å². The maximum atomic E-state index is 11.9. The van der Waals surface area contributed by atoms with Crippen molar-refractivity contribution >= 4 is 16.9 Å². The second-order valence-electron chi connectivity index (χ2n) is 4.21. The summed E-state index contributed by atoms with van der Waals surface area (Å²) in [7, 11) is 0. The van der Waals surface area contributed by atoms with Crippen LogP contribution in [0, 0.1) is 0 Å². The van der Waals surface area contributed by atoms with Crippen molar-refractivity contribution in [1.82, 2.24) is 15.3 Å². The van der Waals surface area contributed by atoms with Crippen LogP contribution in [-0.4, -0.2) is 35.2 Å². The zero-order valence-electron chi connectivity index (χ0n) is 10.7. The van der Waals surface area contributed by atoms with Gasteiger partial charge in [0, 0.05) is 6.54 Å². The number of imidazole rings is 1. The monoisotopic (exact) mass is 303 g/mol. The van der Waals surface area contributed by atoms with E-state index in [0.717, 1.165) is 0 Å². The zero-order chi connectivity index (χ0) is 15.5. The van der Waals surface area contributed by atoms with Crippen molar-refractivity contribution in [2.24, 2.45) is 0 Å². The number of alkyl halides is 3. The van der Waals surface area contributed by atoms with Gasteiger partial charge in [-0.15, -0.1) is 0 Å². The Bertz CT molecular complexity index is 690. The molecule has 0 unspecified atom stereocenters. The summed E-state index contributed by atoms with van der Waals surface area (Å²) in [4.78, 5) is 26.8. The number of aromatic amines is 2. The summed E-state index contributed by atoms with van der Waals surface area (Å²) in [5, 5.41) is 1.74. The van der Waals surface area contributed by atoms with Gasteiger partial charge in [-0.2, -0.15) is 13.2 Å². The number of nitrogens with one attached hydrogen (secondary N) is 3. The maximum absolute atomic E-state index is 11.9. The number of carbonyl (C=O) groups excluding carboxylic acids is 1. The first-order valence-electron chi connectivity index (χ1n) is 6.07. The fraction of sp³-hybridized carbons (Fsp3) is 0.333. The number of amides is 1. The van der Waals surface area contributed by atoms with Crippen molar-refractivity contribution in [3.63, 3.8) is 0 Å². The topological polar surface area (TPSA) is 87.0 Å². The van der Waals surface area contributed by atoms with E-state index in [4.69, 9.17) is 4.74 Å². The molecule has 21 heavy (non-hydrogen) atoms. The lowest BCUT2D eigenvalue weighted by Gasteiger charge is -2.09. The van der Waals surface area contributed by atoms with Crippen molar-refractivity contribution in [3.05, 3.63) is 28.7 Å². The second kappa shape index (κ2) is 5.90. The predicted octanol–water partition coefficient (Wildman–Crippen LogP) is 1.30. The van der Waals surface area contributed by atoms with Crippen LogP contribution in [0.1, 0.15) is 6.42 Å². The third-order valence-corrected chi connectivity index (χ3v) is 2.63. The van der Waals surface area contributed by atoms with E-state index >= 15 is 0 Å². The Morgan fingerprint density at radius 3 is 2.76 bits per heavy atom. The number of aromatic nitrogens is 2. The minimum atomic E-state index is -4.88. The van der Waals surface area contributed by atoms with E-state index in [1.807, 2.05) is 0 Å². The minimum Gasteiger partial charge on any atom is -0.491 e. The minimum absolute atomic E-state index is 0.102. The SMILES string of the molecule is O=C(NCCCOc1cccc2[nH]c(=O)[nH]c12)C(F)(F)F. The Morgan fingerprint density at radius 2 is 2.05 bits per heavy atom. The van der Waals surface area contributed by atoms with Gasteiger partial charge < -0.3 is 20.0 Å². The molecule has 1 aromatic carbocycles. The lowest BCUT2D eigenvalue weighted by atomic mass is 10.3. The number of rotatable bonds is 5. The molecule has 0 aliphatic rings. The van der Waals surface area contributed by atoms with E-state index in [-0.39, 0.29) is 25.3 Å². The van der Waals surface area contributed by atoms with Gasteiger partial charge in [0.05, 0.1) is 12.1 Å². The molecule has 0 atom stereocenters. The Kier molecular flexibility index (Phi) is 4.20. The molecule has 0 radical (unpaired) electrons. The van der Waals surface area contributed by atoms with Crippen molar-refractivity contribution in [1.29, 1.82) is 0 Å². The summed E-state index contributed by atoms with van der Waals surface area (Å²) in [5.74, 6) is -1.56. The van der Waals surface area contributed by atoms with E-state index in [9.17, 15) is 22.8 Å². The molecule has 1 amide bonds. The number of ether oxygens (including phenoxy) is 1.